The Labute approximate surface area is 117 Å². The van der Waals surface area contributed by atoms with E-state index in [1.54, 1.807) is 6.21 Å². The van der Waals surface area contributed by atoms with E-state index in [0.29, 0.717) is 0 Å². The molecular formula is C15H17NO4. The average molecular weight is 275 g/mol. The SMILES string of the molecule is C=C(CC(N=Cc1ccccc1)C(=O)OC)C(=O)OC. The number of nitrogens with zero attached hydrogens (tertiary/aromatic N) is 1. The number of methoxy groups -OCH3 is 2. The van der Waals surface area contributed by atoms with E-state index in [-0.39, 0.29) is 12.0 Å². The summed E-state index contributed by atoms with van der Waals surface area (Å²) < 4.78 is 9.22. The molecule has 0 fully saturated rings. The largest absolute Gasteiger partial charge is 0.467 e. The van der Waals surface area contributed by atoms with Crippen molar-refractivity contribution in [3.8, 4) is 0 Å². The minimum absolute atomic E-state index is 0.0582. The second-order valence-electron chi connectivity index (χ2n) is 4.03. The van der Waals surface area contributed by atoms with Crippen molar-refractivity contribution < 1.29 is 19.1 Å². The fourth-order valence-electron chi connectivity index (χ4n) is 1.51. The molecule has 1 atom stereocenters. The highest BCUT2D eigenvalue weighted by Gasteiger charge is 2.21. The number of benzene rings is 1. The van der Waals surface area contributed by atoms with Crippen LogP contribution in [0.2, 0.25) is 0 Å². The summed E-state index contributed by atoms with van der Waals surface area (Å²) in [4.78, 5) is 27.1. The first-order valence-electron chi connectivity index (χ1n) is 6.00. The lowest BCUT2D eigenvalue weighted by molar-refractivity contribution is -0.142. The van der Waals surface area contributed by atoms with Gasteiger partial charge in [-0.3, -0.25) is 4.99 Å². The van der Waals surface area contributed by atoms with Crippen molar-refractivity contribution in [3.63, 3.8) is 0 Å². The molecule has 1 rings (SSSR count). The average Bonchev–Trinajstić information content (AvgIpc) is 2.50. The third kappa shape index (κ3) is 4.68. The number of hydrogen-bond donors (Lipinski definition) is 0. The van der Waals surface area contributed by atoms with Crippen LogP contribution in [0.15, 0.2) is 47.5 Å². The van der Waals surface area contributed by atoms with E-state index in [9.17, 15) is 9.59 Å². The lowest BCUT2D eigenvalue weighted by Gasteiger charge is -2.10. The molecule has 5 nitrogen and oxygen atoms in total. The standard InChI is InChI=1S/C15H17NO4/c1-11(14(17)19-2)9-13(15(18)20-3)16-10-12-7-5-4-6-8-12/h4-8,10,13H,1,9H2,2-3H3. The molecule has 0 N–H and O–H groups in total. The molecule has 20 heavy (non-hydrogen) atoms. The Kier molecular flexibility index (Phi) is 6.16. The summed E-state index contributed by atoms with van der Waals surface area (Å²) >= 11 is 0. The predicted molar refractivity (Wildman–Crippen MR) is 75.6 cm³/mol. The highest BCUT2D eigenvalue weighted by molar-refractivity contribution is 5.90. The van der Waals surface area contributed by atoms with Gasteiger partial charge in [-0.2, -0.15) is 0 Å². The van der Waals surface area contributed by atoms with Crippen LogP contribution in [0.1, 0.15) is 12.0 Å². The maximum absolute atomic E-state index is 11.7. The van der Waals surface area contributed by atoms with Crippen LogP contribution in [0.3, 0.4) is 0 Å². The van der Waals surface area contributed by atoms with Gasteiger partial charge in [0.05, 0.1) is 14.2 Å². The van der Waals surface area contributed by atoms with Crippen molar-refractivity contribution in [1.82, 2.24) is 0 Å². The maximum Gasteiger partial charge on any atom is 0.333 e. The molecule has 1 aromatic rings. The van der Waals surface area contributed by atoms with Gasteiger partial charge in [-0.05, 0) is 5.56 Å². The molecule has 0 aromatic heterocycles. The molecule has 0 aliphatic rings. The van der Waals surface area contributed by atoms with E-state index >= 15 is 0 Å². The van der Waals surface area contributed by atoms with Crippen molar-refractivity contribution in [2.24, 2.45) is 4.99 Å². The molecule has 5 heteroatoms. The van der Waals surface area contributed by atoms with E-state index in [4.69, 9.17) is 0 Å². The fourth-order valence-corrected chi connectivity index (χ4v) is 1.51. The zero-order valence-corrected chi connectivity index (χ0v) is 11.5. The second kappa shape index (κ2) is 7.89. The summed E-state index contributed by atoms with van der Waals surface area (Å²) in [6.07, 6.45) is 1.62. The van der Waals surface area contributed by atoms with Crippen molar-refractivity contribution in [2.75, 3.05) is 14.2 Å². The van der Waals surface area contributed by atoms with Crippen LogP contribution in [-0.2, 0) is 19.1 Å². The highest BCUT2D eigenvalue weighted by Crippen LogP contribution is 2.10. The lowest BCUT2D eigenvalue weighted by Crippen LogP contribution is -2.23. The second-order valence-corrected chi connectivity index (χ2v) is 4.03. The molecule has 0 saturated heterocycles. The van der Waals surface area contributed by atoms with Crippen LogP contribution in [-0.4, -0.2) is 38.4 Å². The minimum Gasteiger partial charge on any atom is -0.467 e. The first-order chi connectivity index (χ1) is 9.58. The van der Waals surface area contributed by atoms with Crippen LogP contribution in [0.25, 0.3) is 0 Å². The van der Waals surface area contributed by atoms with E-state index in [1.165, 1.54) is 14.2 Å². The van der Waals surface area contributed by atoms with Gasteiger partial charge in [-0.1, -0.05) is 36.9 Å². The highest BCUT2D eigenvalue weighted by atomic mass is 16.5. The first-order valence-corrected chi connectivity index (χ1v) is 6.00. The van der Waals surface area contributed by atoms with Gasteiger partial charge < -0.3 is 9.47 Å². The molecule has 0 amide bonds. The van der Waals surface area contributed by atoms with E-state index < -0.39 is 18.0 Å². The number of carbonyl (C=O) groups is 2. The number of carbonyl (C=O) groups excluding carboxylic acids is 2. The number of rotatable bonds is 6. The van der Waals surface area contributed by atoms with E-state index in [2.05, 4.69) is 21.0 Å². The summed E-state index contributed by atoms with van der Waals surface area (Å²) in [5.41, 5.74) is 1.03. The van der Waals surface area contributed by atoms with Gasteiger partial charge in [0.15, 0.2) is 6.04 Å². The smallest absolute Gasteiger partial charge is 0.333 e. The van der Waals surface area contributed by atoms with E-state index in [1.807, 2.05) is 30.3 Å². The van der Waals surface area contributed by atoms with E-state index in [0.717, 1.165) is 5.56 Å². The summed E-state index contributed by atoms with van der Waals surface area (Å²) in [6, 6.07) is 8.50. The third-order valence-corrected chi connectivity index (χ3v) is 2.59. The van der Waals surface area contributed by atoms with Crippen LogP contribution in [0.4, 0.5) is 0 Å². The molecule has 0 aliphatic heterocycles. The molecule has 106 valence electrons. The van der Waals surface area contributed by atoms with Gasteiger partial charge in [0.2, 0.25) is 0 Å². The molecule has 0 spiro atoms. The molecule has 0 radical (unpaired) electrons. The Balaban J connectivity index is 2.80. The van der Waals surface area contributed by atoms with Crippen LogP contribution in [0.5, 0.6) is 0 Å². The molecule has 0 heterocycles. The van der Waals surface area contributed by atoms with Gasteiger partial charge >= 0.3 is 11.9 Å². The summed E-state index contributed by atoms with van der Waals surface area (Å²) in [5, 5.41) is 0. The summed E-state index contributed by atoms with van der Waals surface area (Å²) in [7, 11) is 2.53. The maximum atomic E-state index is 11.7. The molecule has 1 unspecified atom stereocenters. The van der Waals surface area contributed by atoms with Crippen molar-refractivity contribution in [1.29, 1.82) is 0 Å². The Morgan fingerprint density at radius 3 is 2.45 bits per heavy atom. The van der Waals surface area contributed by atoms with Crippen molar-refractivity contribution in [3.05, 3.63) is 48.0 Å². The quantitative estimate of drug-likeness (QED) is 0.451. The Hall–Kier alpha value is -2.43. The lowest BCUT2D eigenvalue weighted by atomic mass is 10.1. The number of esters is 2. The molecular weight excluding hydrogens is 258 g/mol. The monoisotopic (exact) mass is 275 g/mol. The predicted octanol–water partition coefficient (Wildman–Crippen LogP) is 1.77. The van der Waals surface area contributed by atoms with Crippen molar-refractivity contribution in [2.45, 2.75) is 12.5 Å². The molecule has 1 aromatic carbocycles. The fraction of sp³-hybridized carbons (Fsp3) is 0.267. The van der Waals surface area contributed by atoms with Crippen LogP contribution < -0.4 is 0 Å². The Morgan fingerprint density at radius 1 is 1.25 bits per heavy atom. The normalized spacial score (nSPS) is 11.9. The molecule has 0 aliphatic carbocycles. The van der Waals surface area contributed by atoms with Gasteiger partial charge in [-0.15, -0.1) is 0 Å². The number of aliphatic imine (C=N–C) groups is 1. The number of hydrogen-bond acceptors (Lipinski definition) is 5. The van der Waals surface area contributed by atoms with Gasteiger partial charge in [0.1, 0.15) is 0 Å². The van der Waals surface area contributed by atoms with Gasteiger partial charge in [0, 0.05) is 18.2 Å². The summed E-state index contributed by atoms with van der Waals surface area (Å²) in [5.74, 6) is -1.09. The molecule has 0 saturated carbocycles. The summed E-state index contributed by atoms with van der Waals surface area (Å²) in [6.45, 7) is 3.58. The van der Waals surface area contributed by atoms with Crippen LogP contribution >= 0.6 is 0 Å². The van der Waals surface area contributed by atoms with Gasteiger partial charge in [-0.25, -0.2) is 9.59 Å². The third-order valence-electron chi connectivity index (χ3n) is 2.59. The minimum atomic E-state index is -0.813. The first kappa shape index (κ1) is 15.6. The molecule has 0 bridgehead atoms. The van der Waals surface area contributed by atoms with Crippen molar-refractivity contribution >= 4 is 18.2 Å². The zero-order chi connectivity index (χ0) is 15.0. The zero-order valence-electron chi connectivity index (χ0n) is 11.5. The Bertz CT molecular complexity index is 508. The topological polar surface area (TPSA) is 65.0 Å². The van der Waals surface area contributed by atoms with Gasteiger partial charge in [0.25, 0.3) is 0 Å². The van der Waals surface area contributed by atoms with Crippen LogP contribution in [0, 0.1) is 0 Å². The Morgan fingerprint density at radius 2 is 1.90 bits per heavy atom. The number of ether oxygens (including phenoxy) is 2.